The summed E-state index contributed by atoms with van der Waals surface area (Å²) in [5.74, 6) is -1.56. The molecule has 0 rings (SSSR count). The number of nitrogens with one attached hydrogen (secondary N) is 2. The number of carbonyl (C=O) groups is 3. The Morgan fingerprint density at radius 2 is 1.80 bits per heavy atom. The van der Waals surface area contributed by atoms with Crippen LogP contribution < -0.4 is 22.1 Å². The molecule has 0 saturated carbocycles. The second kappa shape index (κ2) is 5.97. The minimum Gasteiger partial charge on any atom is -0.368 e. The van der Waals surface area contributed by atoms with Crippen molar-refractivity contribution >= 4 is 17.7 Å². The summed E-state index contributed by atoms with van der Waals surface area (Å²) in [7, 11) is 0. The molecule has 0 aliphatic carbocycles. The van der Waals surface area contributed by atoms with Gasteiger partial charge in [-0.15, -0.1) is 0 Å². The zero-order chi connectivity index (χ0) is 12.0. The predicted molar refractivity (Wildman–Crippen MR) is 53.5 cm³/mol. The molecule has 0 aromatic carbocycles. The second-order valence-electron chi connectivity index (χ2n) is 3.20. The SMILES string of the molecule is C[C@H](N)C(=O)NCC(=O)N[C@@H](C)C(N)=O. The summed E-state index contributed by atoms with van der Waals surface area (Å²) >= 11 is 0. The third-order valence-electron chi connectivity index (χ3n) is 1.64. The van der Waals surface area contributed by atoms with Crippen LogP contribution in [0.4, 0.5) is 0 Å². The average molecular weight is 216 g/mol. The molecular weight excluding hydrogens is 200 g/mol. The van der Waals surface area contributed by atoms with Gasteiger partial charge in [0.05, 0.1) is 12.6 Å². The standard InChI is InChI=1S/C8H16N4O3/c1-4(9)8(15)11-3-6(13)12-5(2)7(10)14/h4-5H,3,9H2,1-2H3,(H2,10,14)(H,11,15)(H,12,13)/t4-,5-/m0/s1. The minimum atomic E-state index is -0.760. The molecule has 0 spiro atoms. The fourth-order valence-corrected chi connectivity index (χ4v) is 0.692. The number of nitrogens with two attached hydrogens (primary N) is 2. The molecule has 7 heteroatoms. The fourth-order valence-electron chi connectivity index (χ4n) is 0.692. The second-order valence-corrected chi connectivity index (χ2v) is 3.20. The molecular formula is C8H16N4O3. The summed E-state index contributed by atoms with van der Waals surface area (Å²) in [6, 6.07) is -1.43. The van der Waals surface area contributed by atoms with Gasteiger partial charge in [0.2, 0.25) is 17.7 Å². The molecule has 0 saturated heterocycles. The van der Waals surface area contributed by atoms with Crippen LogP contribution >= 0.6 is 0 Å². The van der Waals surface area contributed by atoms with Crippen LogP contribution in [0.2, 0.25) is 0 Å². The third-order valence-corrected chi connectivity index (χ3v) is 1.64. The van der Waals surface area contributed by atoms with Crippen molar-refractivity contribution in [3.63, 3.8) is 0 Å². The molecule has 0 aromatic rings. The van der Waals surface area contributed by atoms with Crippen LogP contribution in [-0.4, -0.2) is 36.3 Å². The van der Waals surface area contributed by atoms with Crippen molar-refractivity contribution in [3.8, 4) is 0 Å². The van der Waals surface area contributed by atoms with Gasteiger partial charge in [0.25, 0.3) is 0 Å². The van der Waals surface area contributed by atoms with E-state index in [2.05, 4.69) is 10.6 Å². The normalized spacial score (nSPS) is 13.8. The summed E-state index contributed by atoms with van der Waals surface area (Å²) in [6.45, 7) is 2.73. The van der Waals surface area contributed by atoms with Crippen molar-refractivity contribution in [2.24, 2.45) is 11.5 Å². The number of amides is 3. The number of hydrogen-bond donors (Lipinski definition) is 4. The molecule has 0 fully saturated rings. The summed E-state index contributed by atoms with van der Waals surface area (Å²) in [5.41, 5.74) is 10.2. The molecule has 0 heterocycles. The summed E-state index contributed by atoms with van der Waals surface area (Å²) in [5, 5.41) is 4.60. The van der Waals surface area contributed by atoms with E-state index in [4.69, 9.17) is 11.5 Å². The Balaban J connectivity index is 3.86. The van der Waals surface area contributed by atoms with E-state index in [-0.39, 0.29) is 6.54 Å². The van der Waals surface area contributed by atoms with Crippen LogP contribution in [0.15, 0.2) is 0 Å². The van der Waals surface area contributed by atoms with E-state index in [0.29, 0.717) is 0 Å². The maximum absolute atomic E-state index is 11.1. The lowest BCUT2D eigenvalue weighted by atomic mass is 10.3. The van der Waals surface area contributed by atoms with Crippen LogP contribution in [0.3, 0.4) is 0 Å². The van der Waals surface area contributed by atoms with Gasteiger partial charge in [-0.3, -0.25) is 14.4 Å². The first-order chi connectivity index (χ1) is 6.84. The van der Waals surface area contributed by atoms with E-state index in [0.717, 1.165) is 0 Å². The molecule has 0 aromatic heterocycles. The Morgan fingerprint density at radius 1 is 1.27 bits per heavy atom. The van der Waals surface area contributed by atoms with Gasteiger partial charge in [-0.25, -0.2) is 0 Å². The molecule has 0 radical (unpaired) electrons. The van der Waals surface area contributed by atoms with Gasteiger partial charge in [0, 0.05) is 0 Å². The number of primary amides is 1. The Labute approximate surface area is 87.6 Å². The third kappa shape index (κ3) is 5.63. The van der Waals surface area contributed by atoms with Crippen LogP contribution in [0.25, 0.3) is 0 Å². The Kier molecular flexibility index (Phi) is 5.32. The van der Waals surface area contributed by atoms with Gasteiger partial charge in [-0.1, -0.05) is 0 Å². The molecule has 2 atom stereocenters. The molecule has 15 heavy (non-hydrogen) atoms. The van der Waals surface area contributed by atoms with Crippen molar-refractivity contribution in [1.29, 1.82) is 0 Å². The first kappa shape index (κ1) is 13.4. The highest BCUT2D eigenvalue weighted by Crippen LogP contribution is 1.79. The topological polar surface area (TPSA) is 127 Å². The first-order valence-electron chi connectivity index (χ1n) is 4.46. The zero-order valence-corrected chi connectivity index (χ0v) is 8.74. The monoisotopic (exact) mass is 216 g/mol. The number of hydrogen-bond acceptors (Lipinski definition) is 4. The van der Waals surface area contributed by atoms with E-state index < -0.39 is 29.8 Å². The highest BCUT2D eigenvalue weighted by Gasteiger charge is 2.13. The van der Waals surface area contributed by atoms with Crippen molar-refractivity contribution < 1.29 is 14.4 Å². The maximum Gasteiger partial charge on any atom is 0.240 e. The highest BCUT2D eigenvalue weighted by molar-refractivity contribution is 5.90. The molecule has 3 amide bonds. The predicted octanol–water partition coefficient (Wildman–Crippen LogP) is -2.56. The van der Waals surface area contributed by atoms with Crippen molar-refractivity contribution in [1.82, 2.24) is 10.6 Å². The molecule has 6 N–H and O–H groups in total. The van der Waals surface area contributed by atoms with Crippen LogP contribution in [0.5, 0.6) is 0 Å². The molecule has 86 valence electrons. The van der Waals surface area contributed by atoms with Crippen LogP contribution in [0, 0.1) is 0 Å². The van der Waals surface area contributed by atoms with Gasteiger partial charge in [-0.05, 0) is 13.8 Å². The summed E-state index contributed by atoms with van der Waals surface area (Å²) < 4.78 is 0. The van der Waals surface area contributed by atoms with Gasteiger partial charge < -0.3 is 22.1 Å². The van der Waals surface area contributed by atoms with Gasteiger partial charge >= 0.3 is 0 Å². The highest BCUT2D eigenvalue weighted by atomic mass is 16.2. The minimum absolute atomic E-state index is 0.224. The molecule has 0 aliphatic rings. The fraction of sp³-hybridized carbons (Fsp3) is 0.625. The van der Waals surface area contributed by atoms with Gasteiger partial charge in [0.1, 0.15) is 6.04 Å². The first-order valence-corrected chi connectivity index (χ1v) is 4.46. The lowest BCUT2D eigenvalue weighted by Crippen LogP contribution is -2.48. The summed E-state index contributed by atoms with van der Waals surface area (Å²) in [6.07, 6.45) is 0. The zero-order valence-electron chi connectivity index (χ0n) is 8.74. The molecule has 0 aliphatic heterocycles. The van der Waals surface area contributed by atoms with Crippen LogP contribution in [0.1, 0.15) is 13.8 Å². The molecule has 0 bridgehead atoms. The number of rotatable bonds is 5. The Hall–Kier alpha value is -1.63. The lowest BCUT2D eigenvalue weighted by Gasteiger charge is -2.11. The van der Waals surface area contributed by atoms with Crippen molar-refractivity contribution in [2.75, 3.05) is 6.54 Å². The molecule has 0 unspecified atom stereocenters. The maximum atomic E-state index is 11.1. The van der Waals surface area contributed by atoms with E-state index in [1.165, 1.54) is 13.8 Å². The largest absolute Gasteiger partial charge is 0.368 e. The van der Waals surface area contributed by atoms with E-state index in [9.17, 15) is 14.4 Å². The summed E-state index contributed by atoms with van der Waals surface area (Å²) in [4.78, 5) is 32.7. The van der Waals surface area contributed by atoms with Crippen LogP contribution in [-0.2, 0) is 14.4 Å². The lowest BCUT2D eigenvalue weighted by molar-refractivity contribution is -0.128. The van der Waals surface area contributed by atoms with E-state index >= 15 is 0 Å². The van der Waals surface area contributed by atoms with E-state index in [1.807, 2.05) is 0 Å². The van der Waals surface area contributed by atoms with Crippen molar-refractivity contribution in [2.45, 2.75) is 25.9 Å². The molecule has 7 nitrogen and oxygen atoms in total. The smallest absolute Gasteiger partial charge is 0.240 e. The van der Waals surface area contributed by atoms with Gasteiger partial charge in [-0.2, -0.15) is 0 Å². The number of carbonyl (C=O) groups excluding carboxylic acids is 3. The quantitative estimate of drug-likeness (QED) is 0.403. The Morgan fingerprint density at radius 3 is 2.20 bits per heavy atom. The average Bonchev–Trinajstić information content (AvgIpc) is 2.13. The van der Waals surface area contributed by atoms with E-state index in [1.54, 1.807) is 0 Å². The van der Waals surface area contributed by atoms with Gasteiger partial charge in [0.15, 0.2) is 0 Å². The Bertz CT molecular complexity index is 265. The van der Waals surface area contributed by atoms with Crippen molar-refractivity contribution in [3.05, 3.63) is 0 Å².